The molecule has 1 aliphatic heterocycles. The van der Waals surface area contributed by atoms with Gasteiger partial charge in [0.05, 0.1) is 17.0 Å². The van der Waals surface area contributed by atoms with E-state index in [1.54, 1.807) is 30.3 Å². The fourth-order valence-electron chi connectivity index (χ4n) is 3.56. The Kier molecular flexibility index (Phi) is 7.57. The number of aliphatic carboxylic acids is 1. The van der Waals surface area contributed by atoms with Crippen molar-refractivity contribution >= 4 is 52.0 Å². The third-order valence-electron chi connectivity index (χ3n) is 5.46. The molecule has 1 amide bonds. The molecule has 7 nitrogen and oxygen atoms in total. The van der Waals surface area contributed by atoms with Crippen LogP contribution in [-0.4, -0.2) is 43.5 Å². The first kappa shape index (κ1) is 24.6. The van der Waals surface area contributed by atoms with Crippen molar-refractivity contribution < 1.29 is 23.9 Å². The number of rotatable bonds is 9. The fourth-order valence-corrected chi connectivity index (χ4v) is 4.87. The summed E-state index contributed by atoms with van der Waals surface area (Å²) < 4.78 is 6.11. The summed E-state index contributed by atoms with van der Waals surface area (Å²) in [7, 11) is 0. The zero-order chi connectivity index (χ0) is 24.9. The number of carboxylic acid groups (broad SMARTS) is 1. The number of hydrogen-bond donors (Lipinski definition) is 1. The first-order valence-electron chi connectivity index (χ1n) is 10.9. The van der Waals surface area contributed by atoms with Crippen molar-refractivity contribution in [2.24, 2.45) is 0 Å². The standard InChI is InChI=1S/C26H22N2O5S2/c1-16-20(27-24(33-16)19-5-3-2-4-6-19)11-12-21(29)18-9-7-17(8-10-18)15-22-25(32)28(26(34)35-22)14-13-23(30)31/h2-10,15H,11-14H2,1H3,(H,30,31)/b22-15-. The number of ketones is 1. The Bertz CT molecular complexity index is 1310. The maximum absolute atomic E-state index is 12.7. The summed E-state index contributed by atoms with van der Waals surface area (Å²) >= 11 is 6.34. The minimum absolute atomic E-state index is 0.0137. The molecule has 1 aliphatic rings. The van der Waals surface area contributed by atoms with Crippen LogP contribution in [0.3, 0.4) is 0 Å². The van der Waals surface area contributed by atoms with Crippen molar-refractivity contribution in [3.8, 4) is 11.5 Å². The Hall–Kier alpha value is -3.56. The van der Waals surface area contributed by atoms with Crippen LogP contribution < -0.4 is 0 Å². The van der Waals surface area contributed by atoms with E-state index in [9.17, 15) is 14.4 Å². The number of oxazole rings is 1. The Morgan fingerprint density at radius 3 is 2.51 bits per heavy atom. The molecule has 0 radical (unpaired) electrons. The van der Waals surface area contributed by atoms with Gasteiger partial charge in [0.25, 0.3) is 5.91 Å². The summed E-state index contributed by atoms with van der Waals surface area (Å²) in [6.07, 6.45) is 2.29. The zero-order valence-corrected chi connectivity index (χ0v) is 20.5. The topological polar surface area (TPSA) is 101 Å². The van der Waals surface area contributed by atoms with E-state index in [1.807, 2.05) is 37.3 Å². The number of carbonyl (C=O) groups excluding carboxylic acids is 2. The second-order valence-electron chi connectivity index (χ2n) is 7.91. The highest BCUT2D eigenvalue weighted by Gasteiger charge is 2.32. The molecule has 1 N–H and O–H groups in total. The molecule has 4 rings (SSSR count). The first-order chi connectivity index (χ1) is 16.8. The summed E-state index contributed by atoms with van der Waals surface area (Å²) in [4.78, 5) is 42.3. The molecule has 0 unspecified atom stereocenters. The largest absolute Gasteiger partial charge is 0.481 e. The van der Waals surface area contributed by atoms with Crippen LogP contribution in [0.4, 0.5) is 0 Å². The number of thiocarbonyl (C=S) groups is 1. The van der Waals surface area contributed by atoms with Crippen LogP contribution in [-0.2, 0) is 16.0 Å². The van der Waals surface area contributed by atoms with Gasteiger partial charge in [0.1, 0.15) is 10.1 Å². The third kappa shape index (κ3) is 5.93. The Morgan fingerprint density at radius 2 is 1.83 bits per heavy atom. The molecule has 178 valence electrons. The average molecular weight is 507 g/mol. The van der Waals surface area contributed by atoms with Gasteiger partial charge in [-0.25, -0.2) is 4.98 Å². The van der Waals surface area contributed by atoms with Crippen molar-refractivity contribution in [2.45, 2.75) is 26.2 Å². The van der Waals surface area contributed by atoms with Crippen molar-refractivity contribution in [3.05, 3.63) is 82.1 Å². The molecule has 2 heterocycles. The maximum atomic E-state index is 12.7. The summed E-state index contributed by atoms with van der Waals surface area (Å²) in [6, 6.07) is 16.6. The molecule has 0 atom stereocenters. The molecule has 35 heavy (non-hydrogen) atoms. The summed E-state index contributed by atoms with van der Waals surface area (Å²) in [6.45, 7) is 1.89. The third-order valence-corrected chi connectivity index (χ3v) is 6.83. The average Bonchev–Trinajstić information content (AvgIpc) is 3.35. The van der Waals surface area contributed by atoms with Crippen molar-refractivity contribution in [2.75, 3.05) is 6.54 Å². The number of aryl methyl sites for hydroxylation is 2. The highest BCUT2D eigenvalue weighted by molar-refractivity contribution is 8.26. The van der Waals surface area contributed by atoms with Gasteiger partial charge >= 0.3 is 5.97 Å². The number of nitrogens with zero attached hydrogens (tertiary/aromatic N) is 2. The number of aromatic nitrogens is 1. The molecule has 2 aromatic carbocycles. The number of carbonyl (C=O) groups is 3. The van der Waals surface area contributed by atoms with Crippen LogP contribution in [0.15, 0.2) is 63.9 Å². The molecule has 0 saturated carbocycles. The molecule has 0 aliphatic carbocycles. The van der Waals surface area contributed by atoms with Crippen LogP contribution in [0, 0.1) is 6.92 Å². The van der Waals surface area contributed by atoms with Gasteiger partial charge in [-0.3, -0.25) is 19.3 Å². The van der Waals surface area contributed by atoms with Crippen LogP contribution in [0.5, 0.6) is 0 Å². The highest BCUT2D eigenvalue weighted by Crippen LogP contribution is 2.32. The van der Waals surface area contributed by atoms with E-state index < -0.39 is 5.97 Å². The van der Waals surface area contributed by atoms with E-state index in [0.717, 1.165) is 28.6 Å². The smallest absolute Gasteiger partial charge is 0.305 e. The second kappa shape index (κ2) is 10.8. The Labute approximate surface area is 211 Å². The van der Waals surface area contributed by atoms with Crippen molar-refractivity contribution in [3.63, 3.8) is 0 Å². The van der Waals surface area contributed by atoms with Gasteiger partial charge < -0.3 is 9.52 Å². The molecule has 9 heteroatoms. The van der Waals surface area contributed by atoms with E-state index in [-0.39, 0.29) is 24.7 Å². The van der Waals surface area contributed by atoms with E-state index in [4.69, 9.17) is 21.7 Å². The molecular weight excluding hydrogens is 484 g/mol. The maximum Gasteiger partial charge on any atom is 0.305 e. The van der Waals surface area contributed by atoms with Crippen molar-refractivity contribution in [1.29, 1.82) is 0 Å². The molecule has 1 saturated heterocycles. The number of carboxylic acids is 1. The number of benzene rings is 2. The minimum Gasteiger partial charge on any atom is -0.481 e. The van der Waals surface area contributed by atoms with E-state index in [1.165, 1.54) is 4.90 Å². The first-order valence-corrected chi connectivity index (χ1v) is 12.2. The molecule has 3 aromatic rings. The van der Waals surface area contributed by atoms with E-state index in [2.05, 4.69) is 4.98 Å². The van der Waals surface area contributed by atoms with Crippen LogP contribution >= 0.6 is 24.0 Å². The van der Waals surface area contributed by atoms with Gasteiger partial charge in [-0.2, -0.15) is 0 Å². The molecule has 1 fully saturated rings. The lowest BCUT2D eigenvalue weighted by Crippen LogP contribution is -2.30. The van der Waals surface area contributed by atoms with Gasteiger partial charge in [-0.15, -0.1) is 0 Å². The van der Waals surface area contributed by atoms with E-state index >= 15 is 0 Å². The summed E-state index contributed by atoms with van der Waals surface area (Å²) in [5.74, 6) is -0.0611. The predicted molar refractivity (Wildman–Crippen MR) is 138 cm³/mol. The lowest BCUT2D eigenvalue weighted by molar-refractivity contribution is -0.137. The number of amides is 1. The number of Topliss-reactive ketones (excluding diaryl/α,β-unsaturated/α-hetero) is 1. The van der Waals surface area contributed by atoms with Gasteiger partial charge in [0.2, 0.25) is 5.89 Å². The van der Waals surface area contributed by atoms with Crippen LogP contribution in [0.2, 0.25) is 0 Å². The second-order valence-corrected chi connectivity index (χ2v) is 9.59. The lowest BCUT2D eigenvalue weighted by Gasteiger charge is -2.12. The van der Waals surface area contributed by atoms with Crippen LogP contribution in [0.1, 0.15) is 40.2 Å². The zero-order valence-electron chi connectivity index (χ0n) is 18.9. The number of thioether (sulfide) groups is 1. The van der Waals surface area contributed by atoms with E-state index in [0.29, 0.717) is 39.3 Å². The van der Waals surface area contributed by atoms with Crippen LogP contribution in [0.25, 0.3) is 17.5 Å². The Balaban J connectivity index is 1.37. The lowest BCUT2D eigenvalue weighted by atomic mass is 10.0. The molecule has 0 spiro atoms. The normalized spacial score (nSPS) is 14.7. The Morgan fingerprint density at radius 1 is 1.11 bits per heavy atom. The summed E-state index contributed by atoms with van der Waals surface area (Å²) in [5, 5.41) is 8.84. The minimum atomic E-state index is -0.987. The van der Waals surface area contributed by atoms with Gasteiger partial charge in [0.15, 0.2) is 5.78 Å². The molecule has 0 bridgehead atoms. The molecule has 1 aromatic heterocycles. The quantitative estimate of drug-likeness (QED) is 0.242. The molecular formula is C26H22N2O5S2. The number of hydrogen-bond acceptors (Lipinski definition) is 7. The fraction of sp³-hybridized carbons (Fsp3) is 0.192. The summed E-state index contributed by atoms with van der Waals surface area (Å²) in [5.41, 5.74) is 2.97. The monoisotopic (exact) mass is 506 g/mol. The SMILES string of the molecule is Cc1oc(-c2ccccc2)nc1CCC(=O)c1ccc(/C=C2\SC(=S)N(CCC(=O)O)C2=O)cc1. The van der Waals surface area contributed by atoms with Gasteiger partial charge in [-0.05, 0) is 30.7 Å². The van der Waals surface area contributed by atoms with Gasteiger partial charge in [-0.1, -0.05) is 66.4 Å². The van der Waals surface area contributed by atoms with Crippen molar-refractivity contribution in [1.82, 2.24) is 9.88 Å². The highest BCUT2D eigenvalue weighted by atomic mass is 32.2. The van der Waals surface area contributed by atoms with Gasteiger partial charge in [0, 0.05) is 30.5 Å². The predicted octanol–water partition coefficient (Wildman–Crippen LogP) is 5.14.